The minimum absolute atomic E-state index is 0.00705. The summed E-state index contributed by atoms with van der Waals surface area (Å²) in [6.45, 7) is 1.90. The predicted molar refractivity (Wildman–Crippen MR) is 110 cm³/mol. The summed E-state index contributed by atoms with van der Waals surface area (Å²) in [5.41, 5.74) is 0.0912. The van der Waals surface area contributed by atoms with Gasteiger partial charge in [-0.3, -0.25) is 19.5 Å². The number of benzene rings is 2. The largest absolute Gasteiger partial charge is 0.416 e. The Morgan fingerprint density at radius 2 is 1.68 bits per heavy atom. The molecule has 0 fully saturated rings. The normalized spacial score (nSPS) is 16.8. The van der Waals surface area contributed by atoms with E-state index in [1.165, 1.54) is 28.3 Å². The lowest BCUT2D eigenvalue weighted by molar-refractivity contribution is -0.137. The van der Waals surface area contributed by atoms with Crippen LogP contribution >= 0.6 is 0 Å². The molecule has 8 heteroatoms. The lowest BCUT2D eigenvalue weighted by Gasteiger charge is -2.26. The summed E-state index contributed by atoms with van der Waals surface area (Å²) in [6, 6.07) is 14.6. The molecule has 158 valence electrons. The van der Waals surface area contributed by atoms with E-state index in [9.17, 15) is 22.8 Å². The maximum absolute atomic E-state index is 13.7. The molecule has 1 atom stereocenters. The van der Waals surface area contributed by atoms with Crippen LogP contribution < -0.4 is 9.80 Å². The third-order valence-corrected chi connectivity index (χ3v) is 5.16. The molecule has 0 aliphatic carbocycles. The van der Waals surface area contributed by atoms with Crippen LogP contribution in [0.15, 0.2) is 73.1 Å². The molecule has 0 spiro atoms. The third-order valence-electron chi connectivity index (χ3n) is 5.16. The van der Waals surface area contributed by atoms with Crippen molar-refractivity contribution in [2.75, 3.05) is 16.3 Å². The van der Waals surface area contributed by atoms with Gasteiger partial charge in [0.1, 0.15) is 5.92 Å². The van der Waals surface area contributed by atoms with Crippen LogP contribution in [-0.2, 0) is 15.8 Å². The van der Waals surface area contributed by atoms with E-state index in [0.717, 1.165) is 12.1 Å². The Kier molecular flexibility index (Phi) is 5.22. The number of carbonyl (C=O) groups is 2. The first-order valence-corrected chi connectivity index (χ1v) is 9.64. The fourth-order valence-electron chi connectivity index (χ4n) is 3.74. The second-order valence-electron chi connectivity index (χ2n) is 7.01. The second kappa shape index (κ2) is 7.86. The van der Waals surface area contributed by atoms with Crippen LogP contribution in [-0.4, -0.2) is 23.3 Å². The highest BCUT2D eigenvalue weighted by molar-refractivity contribution is 6.23. The molecule has 1 unspecified atom stereocenters. The summed E-state index contributed by atoms with van der Waals surface area (Å²) in [5, 5.41) is 0. The van der Waals surface area contributed by atoms with Gasteiger partial charge in [-0.2, -0.15) is 13.2 Å². The quantitative estimate of drug-likeness (QED) is 0.560. The molecule has 1 aliphatic rings. The molecule has 2 aromatic carbocycles. The molecule has 1 aromatic heterocycles. The highest BCUT2D eigenvalue weighted by atomic mass is 19.4. The lowest BCUT2D eigenvalue weighted by atomic mass is 9.97. The number of pyridine rings is 1. The van der Waals surface area contributed by atoms with E-state index in [-0.39, 0.29) is 17.9 Å². The number of rotatable bonds is 3. The van der Waals surface area contributed by atoms with Crippen LogP contribution in [0.4, 0.5) is 30.2 Å². The van der Waals surface area contributed by atoms with Crippen LogP contribution in [0.3, 0.4) is 0 Å². The number of halogens is 3. The van der Waals surface area contributed by atoms with Crippen LogP contribution in [0.2, 0.25) is 0 Å². The van der Waals surface area contributed by atoms with Crippen LogP contribution in [0.5, 0.6) is 0 Å². The standard InChI is InChI=1S/C23H18F3N3O2/c1-2-28-18-11-10-16(23(24,25)26)13-19(18)29(17-8-4-3-5-9-17)22(31)20(21(28)30)15-7-6-12-27-14-15/h3-14,20H,2H2,1H3. The summed E-state index contributed by atoms with van der Waals surface area (Å²) in [5.74, 6) is -2.39. The van der Waals surface area contributed by atoms with Gasteiger partial charge in [-0.05, 0) is 48.9 Å². The molecule has 0 N–H and O–H groups in total. The maximum atomic E-state index is 13.7. The maximum Gasteiger partial charge on any atom is 0.416 e. The molecule has 0 saturated carbocycles. The van der Waals surface area contributed by atoms with Gasteiger partial charge in [0.15, 0.2) is 0 Å². The minimum Gasteiger partial charge on any atom is -0.310 e. The fraction of sp³-hybridized carbons (Fsp3) is 0.174. The number of para-hydroxylation sites is 1. The monoisotopic (exact) mass is 425 g/mol. The Bertz CT molecular complexity index is 1120. The second-order valence-corrected chi connectivity index (χ2v) is 7.01. The molecule has 1 aliphatic heterocycles. The Labute approximate surface area is 176 Å². The van der Waals surface area contributed by atoms with Gasteiger partial charge >= 0.3 is 6.18 Å². The van der Waals surface area contributed by atoms with Crippen molar-refractivity contribution >= 4 is 28.9 Å². The Morgan fingerprint density at radius 1 is 0.935 bits per heavy atom. The first kappa shape index (κ1) is 20.6. The van der Waals surface area contributed by atoms with E-state index in [1.807, 2.05) is 0 Å². The number of hydrogen-bond donors (Lipinski definition) is 0. The highest BCUT2D eigenvalue weighted by Crippen LogP contribution is 2.44. The average molecular weight is 425 g/mol. The van der Waals surface area contributed by atoms with Gasteiger partial charge < -0.3 is 4.90 Å². The Hall–Kier alpha value is -3.68. The first-order chi connectivity index (χ1) is 14.8. The number of fused-ring (bicyclic) bond motifs is 1. The zero-order valence-corrected chi connectivity index (χ0v) is 16.5. The van der Waals surface area contributed by atoms with Crippen molar-refractivity contribution in [3.8, 4) is 0 Å². The third kappa shape index (κ3) is 3.65. The van der Waals surface area contributed by atoms with Crippen molar-refractivity contribution < 1.29 is 22.8 Å². The summed E-state index contributed by atoms with van der Waals surface area (Å²) in [4.78, 5) is 33.7. The summed E-state index contributed by atoms with van der Waals surface area (Å²) >= 11 is 0. The van der Waals surface area contributed by atoms with Crippen LogP contribution in [0.25, 0.3) is 0 Å². The first-order valence-electron chi connectivity index (χ1n) is 9.64. The molecule has 2 heterocycles. The number of hydrogen-bond acceptors (Lipinski definition) is 3. The van der Waals surface area contributed by atoms with E-state index in [0.29, 0.717) is 11.3 Å². The number of alkyl halides is 3. The Balaban J connectivity index is 2.00. The molecular formula is C23H18F3N3O2. The van der Waals surface area contributed by atoms with Crippen LogP contribution in [0, 0.1) is 0 Å². The van der Waals surface area contributed by atoms with E-state index >= 15 is 0 Å². The molecule has 3 aromatic rings. The average Bonchev–Trinajstić information content (AvgIpc) is 2.85. The number of amides is 2. The highest BCUT2D eigenvalue weighted by Gasteiger charge is 2.42. The van der Waals surface area contributed by atoms with E-state index in [2.05, 4.69) is 4.98 Å². The molecular weight excluding hydrogens is 407 g/mol. The van der Waals surface area contributed by atoms with E-state index < -0.39 is 29.5 Å². The van der Waals surface area contributed by atoms with Crippen LogP contribution in [0.1, 0.15) is 24.0 Å². The zero-order chi connectivity index (χ0) is 22.2. The number of anilines is 3. The predicted octanol–water partition coefficient (Wildman–Crippen LogP) is 4.92. The Morgan fingerprint density at radius 3 is 2.29 bits per heavy atom. The summed E-state index contributed by atoms with van der Waals surface area (Å²) in [7, 11) is 0. The van der Waals surface area contributed by atoms with Crippen molar-refractivity contribution in [2.45, 2.75) is 19.0 Å². The topological polar surface area (TPSA) is 53.5 Å². The van der Waals surface area contributed by atoms with Crippen molar-refractivity contribution in [1.82, 2.24) is 4.98 Å². The van der Waals surface area contributed by atoms with Crippen molar-refractivity contribution in [1.29, 1.82) is 0 Å². The molecule has 0 saturated heterocycles. The van der Waals surface area contributed by atoms with Gasteiger partial charge in [-0.1, -0.05) is 24.3 Å². The SMILES string of the molecule is CCN1C(=O)C(c2cccnc2)C(=O)N(c2ccccc2)c2cc(C(F)(F)F)ccc21. The molecule has 5 nitrogen and oxygen atoms in total. The molecule has 0 bridgehead atoms. The summed E-state index contributed by atoms with van der Waals surface area (Å²) < 4.78 is 40.5. The van der Waals surface area contributed by atoms with Gasteiger partial charge in [0, 0.05) is 24.6 Å². The lowest BCUT2D eigenvalue weighted by Crippen LogP contribution is -2.39. The van der Waals surface area contributed by atoms with Gasteiger partial charge in [0.2, 0.25) is 11.8 Å². The van der Waals surface area contributed by atoms with Gasteiger partial charge in [0.25, 0.3) is 0 Å². The minimum atomic E-state index is -4.60. The van der Waals surface area contributed by atoms with E-state index in [1.54, 1.807) is 49.4 Å². The number of aromatic nitrogens is 1. The van der Waals surface area contributed by atoms with Gasteiger partial charge in [0.05, 0.1) is 16.9 Å². The summed E-state index contributed by atoms with van der Waals surface area (Å²) in [6.07, 6.45) is -1.66. The molecule has 4 rings (SSSR count). The smallest absolute Gasteiger partial charge is 0.310 e. The number of nitrogens with zero attached hydrogens (tertiary/aromatic N) is 3. The number of likely N-dealkylation sites (N-methyl/N-ethyl adjacent to an activating group) is 1. The van der Waals surface area contributed by atoms with Gasteiger partial charge in [-0.15, -0.1) is 0 Å². The van der Waals surface area contributed by atoms with Crippen molar-refractivity contribution in [2.24, 2.45) is 0 Å². The van der Waals surface area contributed by atoms with E-state index in [4.69, 9.17) is 0 Å². The molecule has 0 radical (unpaired) electrons. The van der Waals surface area contributed by atoms with Crippen molar-refractivity contribution in [3.63, 3.8) is 0 Å². The van der Waals surface area contributed by atoms with Crippen molar-refractivity contribution in [3.05, 3.63) is 84.2 Å². The zero-order valence-electron chi connectivity index (χ0n) is 16.5. The molecule has 2 amide bonds. The fourth-order valence-corrected chi connectivity index (χ4v) is 3.74. The van der Waals surface area contributed by atoms with Gasteiger partial charge in [-0.25, -0.2) is 0 Å². The number of carbonyl (C=O) groups excluding carboxylic acids is 2. The molecule has 31 heavy (non-hydrogen) atoms.